The number of Topliss-reactive ketones (excluding diaryl/α,β-unsaturated/α-hetero) is 2. The number of hydrogen-bond donors (Lipinski definition) is 2. The summed E-state index contributed by atoms with van der Waals surface area (Å²) in [6, 6.07) is -0.638. The van der Waals surface area contributed by atoms with Crippen LogP contribution in [0.15, 0.2) is 0 Å². The summed E-state index contributed by atoms with van der Waals surface area (Å²) in [6.45, 7) is 4.69. The van der Waals surface area contributed by atoms with Gasteiger partial charge in [0.05, 0.1) is 12.1 Å². The molecule has 2 atom stereocenters. The van der Waals surface area contributed by atoms with Gasteiger partial charge in [-0.2, -0.15) is 0 Å². The molecule has 0 aromatic heterocycles. The maximum absolute atomic E-state index is 11.8. The zero-order valence-electron chi connectivity index (χ0n) is 18.7. The van der Waals surface area contributed by atoms with Crippen molar-refractivity contribution < 1.29 is 9.59 Å². The third-order valence-electron chi connectivity index (χ3n) is 5.71. The maximum Gasteiger partial charge on any atom is 0.219 e. The third kappa shape index (κ3) is 10.7. The Morgan fingerprint density at radius 2 is 1.04 bits per heavy atom. The fraction of sp³-hybridized carbons (Fsp3) is 0.913. The van der Waals surface area contributed by atoms with Gasteiger partial charge in [-0.3, -0.25) is 9.59 Å². The summed E-state index contributed by atoms with van der Waals surface area (Å²) in [7, 11) is 4.00. The molecule has 0 radical (unpaired) electrons. The standard InChI is InChI=1S/C23H45N3O2/c1-4-5-6-7-8-9-10-11-12-13-14-15-16-17-24-20-21(23(28)22(20)27)25-18-19-26(2)3/h20-21,24-25H,4-19H2,1-3H3. The fourth-order valence-electron chi connectivity index (χ4n) is 3.78. The number of likely N-dealkylation sites (N-methyl/N-ethyl adjacent to an activating group) is 1. The van der Waals surface area contributed by atoms with Crippen LogP contribution in [0.2, 0.25) is 0 Å². The number of hydrogen-bond acceptors (Lipinski definition) is 5. The molecule has 2 unspecified atom stereocenters. The number of rotatable bonds is 19. The first-order chi connectivity index (χ1) is 13.6. The van der Waals surface area contributed by atoms with Crippen LogP contribution in [0, 0.1) is 0 Å². The Labute approximate surface area is 173 Å². The van der Waals surface area contributed by atoms with Gasteiger partial charge in [0.25, 0.3) is 0 Å². The zero-order valence-corrected chi connectivity index (χ0v) is 18.7. The Morgan fingerprint density at radius 1 is 0.643 bits per heavy atom. The molecule has 164 valence electrons. The highest BCUT2D eigenvalue weighted by molar-refractivity contribution is 6.49. The third-order valence-corrected chi connectivity index (χ3v) is 5.71. The Bertz CT molecular complexity index is 426. The quantitative estimate of drug-likeness (QED) is 0.258. The molecule has 5 nitrogen and oxygen atoms in total. The van der Waals surface area contributed by atoms with Crippen LogP contribution in [0.3, 0.4) is 0 Å². The van der Waals surface area contributed by atoms with Gasteiger partial charge in [-0.15, -0.1) is 0 Å². The van der Waals surface area contributed by atoms with Crippen LogP contribution in [0.4, 0.5) is 0 Å². The highest BCUT2D eigenvalue weighted by Crippen LogP contribution is 2.14. The largest absolute Gasteiger partial charge is 0.308 e. The normalized spacial score (nSPS) is 19.4. The summed E-state index contributed by atoms with van der Waals surface area (Å²) in [4.78, 5) is 25.6. The van der Waals surface area contributed by atoms with Crippen molar-refractivity contribution in [2.45, 2.75) is 102 Å². The molecule has 0 amide bonds. The minimum absolute atomic E-state index is 0.253. The van der Waals surface area contributed by atoms with Crippen LogP contribution in [0.1, 0.15) is 90.4 Å². The van der Waals surface area contributed by atoms with E-state index in [1.54, 1.807) is 0 Å². The minimum atomic E-state index is -0.325. The second-order valence-corrected chi connectivity index (χ2v) is 8.64. The average molecular weight is 396 g/mol. The molecule has 1 fully saturated rings. The molecule has 0 saturated heterocycles. The first-order valence-electron chi connectivity index (χ1n) is 11.8. The van der Waals surface area contributed by atoms with E-state index in [9.17, 15) is 9.59 Å². The fourth-order valence-corrected chi connectivity index (χ4v) is 3.78. The van der Waals surface area contributed by atoms with E-state index in [4.69, 9.17) is 0 Å². The number of nitrogens with one attached hydrogen (secondary N) is 2. The molecular weight excluding hydrogens is 350 g/mol. The van der Waals surface area contributed by atoms with E-state index in [0.29, 0.717) is 0 Å². The van der Waals surface area contributed by atoms with Crippen LogP contribution >= 0.6 is 0 Å². The van der Waals surface area contributed by atoms with Crippen molar-refractivity contribution in [3.05, 3.63) is 0 Å². The van der Waals surface area contributed by atoms with Gasteiger partial charge in [-0.25, -0.2) is 0 Å². The van der Waals surface area contributed by atoms with Crippen LogP contribution in [0.25, 0.3) is 0 Å². The lowest BCUT2D eigenvalue weighted by Crippen LogP contribution is -2.69. The molecule has 0 bridgehead atoms. The van der Waals surface area contributed by atoms with Gasteiger partial charge in [-0.1, -0.05) is 84.0 Å². The lowest BCUT2D eigenvalue weighted by molar-refractivity contribution is -0.147. The lowest BCUT2D eigenvalue weighted by atomic mass is 9.83. The molecule has 28 heavy (non-hydrogen) atoms. The number of ketones is 2. The van der Waals surface area contributed by atoms with E-state index in [-0.39, 0.29) is 23.7 Å². The molecule has 0 heterocycles. The number of unbranched alkanes of at least 4 members (excludes halogenated alkanes) is 12. The van der Waals surface area contributed by atoms with Gasteiger partial charge in [0, 0.05) is 13.1 Å². The minimum Gasteiger partial charge on any atom is -0.308 e. The zero-order chi connectivity index (χ0) is 20.6. The van der Waals surface area contributed by atoms with Crippen molar-refractivity contribution in [3.63, 3.8) is 0 Å². The molecule has 1 aliphatic carbocycles. The Balaban J connectivity index is 1.91. The first kappa shape index (κ1) is 25.3. The molecule has 0 spiro atoms. The summed E-state index contributed by atoms with van der Waals surface area (Å²) < 4.78 is 0. The van der Waals surface area contributed by atoms with Crippen LogP contribution < -0.4 is 10.6 Å². The molecule has 1 saturated carbocycles. The summed E-state index contributed by atoms with van der Waals surface area (Å²) in [5, 5.41) is 6.49. The van der Waals surface area contributed by atoms with E-state index < -0.39 is 0 Å². The predicted molar refractivity (Wildman–Crippen MR) is 118 cm³/mol. The molecule has 1 aliphatic rings. The molecule has 0 aliphatic heterocycles. The van der Waals surface area contributed by atoms with Gasteiger partial charge in [0.15, 0.2) is 0 Å². The number of carbonyl (C=O) groups excluding carboxylic acids is 2. The van der Waals surface area contributed by atoms with Crippen molar-refractivity contribution >= 4 is 11.6 Å². The van der Waals surface area contributed by atoms with Crippen LogP contribution in [-0.4, -0.2) is 62.3 Å². The van der Waals surface area contributed by atoms with E-state index in [1.807, 2.05) is 14.1 Å². The topological polar surface area (TPSA) is 61.4 Å². The highest BCUT2D eigenvalue weighted by Gasteiger charge is 2.48. The van der Waals surface area contributed by atoms with Gasteiger partial charge in [-0.05, 0) is 27.1 Å². The Kier molecular flexibility index (Phi) is 14.5. The van der Waals surface area contributed by atoms with Crippen molar-refractivity contribution in [2.24, 2.45) is 0 Å². The monoisotopic (exact) mass is 395 g/mol. The molecule has 2 N–H and O–H groups in total. The summed E-state index contributed by atoms with van der Waals surface area (Å²) in [5.41, 5.74) is 0. The van der Waals surface area contributed by atoms with Crippen molar-refractivity contribution in [1.29, 1.82) is 0 Å². The smallest absolute Gasteiger partial charge is 0.219 e. The SMILES string of the molecule is CCCCCCCCCCCCCCCNC1C(=O)C(=O)C1NCCN(C)C. The Morgan fingerprint density at radius 3 is 1.46 bits per heavy atom. The second-order valence-electron chi connectivity index (χ2n) is 8.64. The van der Waals surface area contributed by atoms with Gasteiger partial charge < -0.3 is 15.5 Å². The predicted octanol–water partition coefficient (Wildman–Crippen LogP) is 3.71. The molecular formula is C23H45N3O2. The van der Waals surface area contributed by atoms with Crippen LogP contribution in [0.5, 0.6) is 0 Å². The second kappa shape index (κ2) is 16.1. The molecule has 0 aromatic carbocycles. The van der Waals surface area contributed by atoms with Crippen molar-refractivity contribution in [1.82, 2.24) is 15.5 Å². The van der Waals surface area contributed by atoms with E-state index in [0.717, 1.165) is 26.1 Å². The number of carbonyl (C=O) groups is 2. The summed E-state index contributed by atoms with van der Waals surface area (Å²) in [6.07, 6.45) is 17.4. The average Bonchev–Trinajstić information content (AvgIpc) is 2.68. The van der Waals surface area contributed by atoms with Crippen molar-refractivity contribution in [3.8, 4) is 0 Å². The van der Waals surface area contributed by atoms with Gasteiger partial charge >= 0.3 is 0 Å². The molecule has 0 aromatic rings. The van der Waals surface area contributed by atoms with Gasteiger partial charge in [0.2, 0.25) is 11.6 Å². The first-order valence-corrected chi connectivity index (χ1v) is 11.8. The lowest BCUT2D eigenvalue weighted by Gasteiger charge is -2.34. The highest BCUT2D eigenvalue weighted by atomic mass is 16.2. The summed E-state index contributed by atoms with van der Waals surface area (Å²) in [5.74, 6) is -0.515. The Hall–Kier alpha value is -0.780. The molecule has 5 heteroatoms. The van der Waals surface area contributed by atoms with E-state index in [2.05, 4.69) is 22.5 Å². The van der Waals surface area contributed by atoms with Crippen molar-refractivity contribution in [2.75, 3.05) is 33.7 Å². The van der Waals surface area contributed by atoms with Gasteiger partial charge in [0.1, 0.15) is 0 Å². The maximum atomic E-state index is 11.8. The van der Waals surface area contributed by atoms with E-state index >= 15 is 0 Å². The summed E-state index contributed by atoms with van der Waals surface area (Å²) >= 11 is 0. The van der Waals surface area contributed by atoms with Crippen LogP contribution in [-0.2, 0) is 9.59 Å². The molecule has 1 rings (SSSR count). The number of nitrogens with zero attached hydrogens (tertiary/aromatic N) is 1. The van der Waals surface area contributed by atoms with E-state index in [1.165, 1.54) is 77.0 Å².